The number of hydrogen-bond donors (Lipinski definition) is 1. The van der Waals surface area contributed by atoms with Crippen molar-refractivity contribution >= 4 is 6.09 Å². The summed E-state index contributed by atoms with van der Waals surface area (Å²) in [6.07, 6.45) is 0.770. The number of rotatable bonds is 5. The normalized spacial score (nSPS) is 19.8. The van der Waals surface area contributed by atoms with Gasteiger partial charge in [-0.1, -0.05) is 13.8 Å². The summed E-state index contributed by atoms with van der Waals surface area (Å²) in [7, 11) is 3.56. The maximum absolute atomic E-state index is 11.2. The van der Waals surface area contributed by atoms with Crippen LogP contribution in [-0.2, 0) is 4.74 Å². The maximum Gasteiger partial charge on any atom is 0.406 e. The van der Waals surface area contributed by atoms with Crippen LogP contribution < -0.4 is 5.32 Å². The van der Waals surface area contributed by atoms with Crippen molar-refractivity contribution in [3.8, 4) is 0 Å². The van der Waals surface area contributed by atoms with Crippen molar-refractivity contribution in [1.29, 1.82) is 0 Å². The van der Waals surface area contributed by atoms with E-state index in [-0.39, 0.29) is 6.09 Å². The fourth-order valence-electron chi connectivity index (χ4n) is 2.37. The molecule has 5 heteroatoms. The molecule has 0 aromatic carbocycles. The summed E-state index contributed by atoms with van der Waals surface area (Å²) >= 11 is 0. The van der Waals surface area contributed by atoms with Gasteiger partial charge in [0.15, 0.2) is 0 Å². The quantitative estimate of drug-likeness (QED) is 0.798. The molecule has 0 radical (unpaired) electrons. The molecule has 1 saturated heterocycles. The van der Waals surface area contributed by atoms with Gasteiger partial charge in [0.25, 0.3) is 0 Å². The molecule has 1 rings (SSSR count). The zero-order valence-corrected chi connectivity index (χ0v) is 12.1. The van der Waals surface area contributed by atoms with Crippen molar-refractivity contribution in [3.05, 3.63) is 0 Å². The minimum absolute atomic E-state index is 0.335. The number of nitrogens with zero attached hydrogens (tertiary/aromatic N) is 2. The van der Waals surface area contributed by atoms with Gasteiger partial charge < -0.3 is 15.0 Å². The molecule has 1 unspecified atom stereocenters. The van der Waals surface area contributed by atoms with Gasteiger partial charge >= 0.3 is 6.09 Å². The Morgan fingerprint density at radius 1 is 1.28 bits per heavy atom. The Morgan fingerprint density at radius 2 is 1.89 bits per heavy atom. The molecule has 106 valence electrons. The highest BCUT2D eigenvalue weighted by molar-refractivity contribution is 5.66. The van der Waals surface area contributed by atoms with Crippen molar-refractivity contribution in [3.63, 3.8) is 0 Å². The van der Waals surface area contributed by atoms with Crippen molar-refractivity contribution in [2.45, 2.75) is 26.3 Å². The Labute approximate surface area is 110 Å². The second kappa shape index (κ2) is 7.59. The highest BCUT2D eigenvalue weighted by Gasteiger charge is 2.23. The first kappa shape index (κ1) is 15.2. The van der Waals surface area contributed by atoms with Crippen LogP contribution in [0.3, 0.4) is 0 Å². The molecule has 5 nitrogen and oxygen atoms in total. The molecular formula is C13H27N3O2. The summed E-state index contributed by atoms with van der Waals surface area (Å²) < 4.78 is 4.63. The smallest absolute Gasteiger partial charge is 0.406 e. The van der Waals surface area contributed by atoms with E-state index in [4.69, 9.17) is 0 Å². The van der Waals surface area contributed by atoms with Crippen LogP contribution in [-0.4, -0.2) is 68.8 Å². The van der Waals surface area contributed by atoms with Gasteiger partial charge in [0.05, 0.1) is 7.11 Å². The van der Waals surface area contributed by atoms with Crippen LogP contribution in [0.4, 0.5) is 4.79 Å². The lowest BCUT2D eigenvalue weighted by atomic mass is 10.0. The van der Waals surface area contributed by atoms with Gasteiger partial charge in [-0.25, -0.2) is 4.79 Å². The highest BCUT2D eigenvalue weighted by atomic mass is 16.5. The topological polar surface area (TPSA) is 44.8 Å². The number of hydrogen-bond acceptors (Lipinski definition) is 4. The molecular weight excluding hydrogens is 230 g/mol. The first-order chi connectivity index (χ1) is 8.52. The van der Waals surface area contributed by atoms with E-state index in [2.05, 4.69) is 40.7 Å². The van der Waals surface area contributed by atoms with E-state index in [9.17, 15) is 4.79 Å². The average molecular weight is 257 g/mol. The van der Waals surface area contributed by atoms with Crippen LogP contribution in [0.2, 0.25) is 0 Å². The lowest BCUT2D eigenvalue weighted by Gasteiger charge is -2.38. The van der Waals surface area contributed by atoms with Gasteiger partial charge in [-0.2, -0.15) is 0 Å². The van der Waals surface area contributed by atoms with E-state index in [1.165, 1.54) is 7.11 Å². The van der Waals surface area contributed by atoms with Gasteiger partial charge in [0, 0.05) is 38.8 Å². The number of nitrogens with one attached hydrogen (secondary N) is 1. The molecule has 0 aliphatic carbocycles. The van der Waals surface area contributed by atoms with Gasteiger partial charge in [0.2, 0.25) is 0 Å². The van der Waals surface area contributed by atoms with Crippen LogP contribution in [0.5, 0.6) is 0 Å². The number of ether oxygens (including phenoxy) is 1. The third-order valence-electron chi connectivity index (χ3n) is 3.47. The second-order valence-electron chi connectivity index (χ2n) is 5.50. The van der Waals surface area contributed by atoms with Crippen molar-refractivity contribution in [1.82, 2.24) is 15.1 Å². The predicted octanol–water partition coefficient (Wildman–Crippen LogP) is 1.00. The lowest BCUT2D eigenvalue weighted by Crippen LogP contribution is -2.52. The number of likely N-dealkylation sites (N-methyl/N-ethyl adjacent to an activating group) is 1. The molecule has 1 heterocycles. The SMILES string of the molecule is COC(=O)NCC(CC(C)C)N1CCN(C)CC1. The first-order valence-corrected chi connectivity index (χ1v) is 6.77. The largest absolute Gasteiger partial charge is 0.453 e. The van der Waals surface area contributed by atoms with Crippen LogP contribution in [0.1, 0.15) is 20.3 Å². The van der Waals surface area contributed by atoms with Crippen molar-refractivity contribution in [2.24, 2.45) is 5.92 Å². The molecule has 0 saturated carbocycles. The van der Waals surface area contributed by atoms with Crippen LogP contribution in [0.25, 0.3) is 0 Å². The summed E-state index contributed by atoms with van der Waals surface area (Å²) in [4.78, 5) is 16.0. The zero-order chi connectivity index (χ0) is 13.5. The zero-order valence-electron chi connectivity index (χ0n) is 12.1. The van der Waals surface area contributed by atoms with Gasteiger partial charge in [-0.3, -0.25) is 4.90 Å². The van der Waals surface area contributed by atoms with Crippen molar-refractivity contribution < 1.29 is 9.53 Å². The molecule has 1 aliphatic rings. The Morgan fingerprint density at radius 3 is 2.39 bits per heavy atom. The Hall–Kier alpha value is -0.810. The van der Waals surface area contributed by atoms with Gasteiger partial charge in [-0.15, -0.1) is 0 Å². The monoisotopic (exact) mass is 257 g/mol. The van der Waals surface area contributed by atoms with E-state index < -0.39 is 0 Å². The fraction of sp³-hybridized carbons (Fsp3) is 0.923. The Balaban J connectivity index is 2.46. The second-order valence-corrected chi connectivity index (χ2v) is 5.50. The molecule has 1 amide bonds. The Bertz CT molecular complexity index is 251. The van der Waals surface area contributed by atoms with E-state index in [0.717, 1.165) is 32.6 Å². The summed E-state index contributed by atoms with van der Waals surface area (Å²) in [5.41, 5.74) is 0. The number of piperazine rings is 1. The van der Waals surface area contributed by atoms with Crippen molar-refractivity contribution in [2.75, 3.05) is 46.9 Å². The minimum Gasteiger partial charge on any atom is -0.453 e. The van der Waals surface area contributed by atoms with Gasteiger partial charge in [0.1, 0.15) is 0 Å². The molecule has 1 N–H and O–H groups in total. The number of carbonyl (C=O) groups is 1. The molecule has 18 heavy (non-hydrogen) atoms. The fourth-order valence-corrected chi connectivity index (χ4v) is 2.37. The van der Waals surface area contributed by atoms with Crippen LogP contribution in [0, 0.1) is 5.92 Å². The van der Waals surface area contributed by atoms with E-state index >= 15 is 0 Å². The van der Waals surface area contributed by atoms with E-state index in [1.807, 2.05) is 0 Å². The molecule has 0 spiro atoms. The summed E-state index contributed by atoms with van der Waals surface area (Å²) in [5.74, 6) is 0.633. The summed E-state index contributed by atoms with van der Waals surface area (Å²) in [6, 6.07) is 0.415. The summed E-state index contributed by atoms with van der Waals surface area (Å²) in [6.45, 7) is 9.49. The maximum atomic E-state index is 11.2. The highest BCUT2D eigenvalue weighted by Crippen LogP contribution is 2.13. The van der Waals surface area contributed by atoms with E-state index in [1.54, 1.807) is 0 Å². The predicted molar refractivity (Wildman–Crippen MR) is 72.7 cm³/mol. The molecule has 1 aliphatic heterocycles. The molecule has 0 aromatic rings. The number of carbonyl (C=O) groups excluding carboxylic acids is 1. The first-order valence-electron chi connectivity index (χ1n) is 6.77. The summed E-state index contributed by atoms with van der Waals surface area (Å²) in [5, 5.41) is 2.83. The average Bonchev–Trinajstić information content (AvgIpc) is 2.34. The molecule has 1 fully saturated rings. The molecule has 0 bridgehead atoms. The van der Waals surface area contributed by atoms with Gasteiger partial charge in [-0.05, 0) is 19.4 Å². The van der Waals surface area contributed by atoms with Crippen LogP contribution in [0.15, 0.2) is 0 Å². The molecule has 0 aromatic heterocycles. The Kier molecular flexibility index (Phi) is 6.43. The lowest BCUT2D eigenvalue weighted by molar-refractivity contribution is 0.0970. The third-order valence-corrected chi connectivity index (χ3v) is 3.47. The van der Waals surface area contributed by atoms with Crippen LogP contribution >= 0.6 is 0 Å². The number of methoxy groups -OCH3 is 1. The standard InChI is InChI=1S/C13H27N3O2/c1-11(2)9-12(10-14-13(17)18-4)16-7-5-15(3)6-8-16/h11-12H,5-10H2,1-4H3,(H,14,17). The number of amides is 1. The minimum atomic E-state index is -0.335. The number of alkyl carbamates (subject to hydrolysis) is 1. The molecule has 1 atom stereocenters. The third kappa shape index (κ3) is 5.23. The van der Waals surface area contributed by atoms with E-state index in [0.29, 0.717) is 18.5 Å².